The molecule has 0 aliphatic rings. The van der Waals surface area contributed by atoms with Crippen LogP contribution in [0.1, 0.15) is 54.4 Å². The number of nitrogens with one attached hydrogen (secondary N) is 4. The molecule has 0 aromatic carbocycles. The minimum Gasteiger partial charge on any atom is -0.467 e. The van der Waals surface area contributed by atoms with Crippen LogP contribution in [0.15, 0.2) is 0 Å². The molecular weight excluding hydrogens is 576 g/mol. The lowest BCUT2D eigenvalue weighted by molar-refractivity contribution is -0.146. The van der Waals surface area contributed by atoms with Crippen LogP contribution in [-0.4, -0.2) is 104 Å². The molecule has 15 nitrogen and oxygen atoms in total. The SMILES string of the molecule is COC(=O)[C@H](CSC[C@@H](NC(=O)CC[C@@H](NC(=O)[C@@H](NC(C)=O)C(C)C)C(=O)OC)C(=O)OC)NC(=O)OC(C)(C)C. The smallest absolute Gasteiger partial charge is 0.408 e. The molecule has 0 aromatic heterocycles. The second-order valence-corrected chi connectivity index (χ2v) is 11.5. The number of hydrogen-bond acceptors (Lipinski definition) is 12. The maximum Gasteiger partial charge on any atom is 0.408 e. The molecule has 4 N–H and O–H groups in total. The summed E-state index contributed by atoms with van der Waals surface area (Å²) in [5, 5.41) is 9.93. The van der Waals surface area contributed by atoms with Crippen LogP contribution in [0.25, 0.3) is 0 Å². The number of carbonyl (C=O) groups is 7. The summed E-state index contributed by atoms with van der Waals surface area (Å²) in [5.41, 5.74) is -0.796. The van der Waals surface area contributed by atoms with E-state index in [-0.39, 0.29) is 30.3 Å². The molecule has 0 spiro atoms. The fourth-order valence-electron chi connectivity index (χ4n) is 3.32. The van der Waals surface area contributed by atoms with Crippen LogP contribution in [-0.2, 0) is 47.7 Å². The van der Waals surface area contributed by atoms with Crippen LogP contribution in [0.2, 0.25) is 0 Å². The van der Waals surface area contributed by atoms with E-state index in [1.54, 1.807) is 34.6 Å². The van der Waals surface area contributed by atoms with Gasteiger partial charge in [-0.3, -0.25) is 14.4 Å². The summed E-state index contributed by atoms with van der Waals surface area (Å²) >= 11 is 1.06. The monoisotopic (exact) mass is 620 g/mol. The van der Waals surface area contributed by atoms with Gasteiger partial charge in [-0.15, -0.1) is 0 Å². The van der Waals surface area contributed by atoms with Gasteiger partial charge < -0.3 is 40.2 Å². The van der Waals surface area contributed by atoms with Crippen LogP contribution in [0.4, 0.5) is 4.79 Å². The number of methoxy groups -OCH3 is 3. The summed E-state index contributed by atoms with van der Waals surface area (Å²) in [5.74, 6) is -4.32. The number of carbonyl (C=O) groups excluding carboxylic acids is 7. The number of rotatable bonds is 16. The Bertz CT molecular complexity index is 968. The van der Waals surface area contributed by atoms with Crippen LogP contribution in [0.5, 0.6) is 0 Å². The van der Waals surface area contributed by atoms with Gasteiger partial charge in [0.05, 0.1) is 21.3 Å². The van der Waals surface area contributed by atoms with Crippen LogP contribution >= 0.6 is 11.8 Å². The molecule has 240 valence electrons. The van der Waals surface area contributed by atoms with Gasteiger partial charge in [-0.25, -0.2) is 19.2 Å². The maximum absolute atomic E-state index is 12.7. The van der Waals surface area contributed by atoms with E-state index in [4.69, 9.17) is 18.9 Å². The predicted octanol–water partition coefficient (Wildman–Crippen LogP) is 0.0424. The zero-order valence-electron chi connectivity index (χ0n) is 25.6. The van der Waals surface area contributed by atoms with E-state index in [1.165, 1.54) is 6.92 Å². The molecule has 4 atom stereocenters. The molecule has 0 heterocycles. The first-order valence-electron chi connectivity index (χ1n) is 13.1. The lowest BCUT2D eigenvalue weighted by Gasteiger charge is -2.24. The third kappa shape index (κ3) is 15.4. The number of amides is 4. The molecule has 0 saturated carbocycles. The maximum atomic E-state index is 12.7. The van der Waals surface area contributed by atoms with Gasteiger partial charge in [0.2, 0.25) is 17.7 Å². The van der Waals surface area contributed by atoms with Gasteiger partial charge in [0.25, 0.3) is 0 Å². The highest BCUT2D eigenvalue weighted by molar-refractivity contribution is 7.99. The first-order valence-corrected chi connectivity index (χ1v) is 14.3. The van der Waals surface area contributed by atoms with Gasteiger partial charge >= 0.3 is 24.0 Å². The highest BCUT2D eigenvalue weighted by Crippen LogP contribution is 2.12. The van der Waals surface area contributed by atoms with E-state index in [9.17, 15) is 33.6 Å². The van der Waals surface area contributed by atoms with Gasteiger partial charge in [0.1, 0.15) is 29.8 Å². The summed E-state index contributed by atoms with van der Waals surface area (Å²) in [4.78, 5) is 85.7. The Hall–Kier alpha value is -3.56. The van der Waals surface area contributed by atoms with Crippen molar-refractivity contribution >= 4 is 53.5 Å². The molecule has 0 rings (SSSR count). The van der Waals surface area contributed by atoms with Crippen molar-refractivity contribution in [2.24, 2.45) is 5.92 Å². The van der Waals surface area contributed by atoms with Gasteiger partial charge in [-0.2, -0.15) is 11.8 Å². The zero-order chi connectivity index (χ0) is 32.6. The average molecular weight is 621 g/mol. The average Bonchev–Trinajstić information content (AvgIpc) is 2.89. The molecule has 0 aromatic rings. The zero-order valence-corrected chi connectivity index (χ0v) is 26.4. The predicted molar refractivity (Wildman–Crippen MR) is 152 cm³/mol. The number of hydrogen-bond donors (Lipinski definition) is 4. The molecule has 0 aliphatic carbocycles. The van der Waals surface area contributed by atoms with Crippen molar-refractivity contribution in [3.63, 3.8) is 0 Å². The highest BCUT2D eigenvalue weighted by Gasteiger charge is 2.30. The molecular formula is C26H44N4O11S. The third-order valence-corrected chi connectivity index (χ3v) is 6.47. The first-order chi connectivity index (χ1) is 19.4. The quantitative estimate of drug-likeness (QED) is 0.133. The Morgan fingerprint density at radius 1 is 0.714 bits per heavy atom. The lowest BCUT2D eigenvalue weighted by Crippen LogP contribution is -2.53. The van der Waals surface area contributed by atoms with E-state index in [2.05, 4.69) is 21.3 Å². The van der Waals surface area contributed by atoms with Crippen molar-refractivity contribution in [1.82, 2.24) is 21.3 Å². The van der Waals surface area contributed by atoms with Gasteiger partial charge in [-0.1, -0.05) is 13.8 Å². The molecule has 0 aliphatic heterocycles. The molecule has 0 radical (unpaired) electrons. The van der Waals surface area contributed by atoms with Crippen molar-refractivity contribution in [2.75, 3.05) is 32.8 Å². The Labute approximate surface area is 250 Å². The lowest BCUT2D eigenvalue weighted by atomic mass is 10.0. The van der Waals surface area contributed by atoms with Crippen LogP contribution in [0.3, 0.4) is 0 Å². The molecule has 4 amide bonds. The molecule has 0 unspecified atom stereocenters. The molecule has 0 bridgehead atoms. The summed E-state index contributed by atoms with van der Waals surface area (Å²) in [6, 6.07) is -4.35. The fraction of sp³-hybridized carbons (Fsp3) is 0.731. The minimum absolute atomic E-state index is 0.0168. The van der Waals surface area contributed by atoms with Crippen molar-refractivity contribution in [3.8, 4) is 0 Å². The Morgan fingerprint density at radius 2 is 1.19 bits per heavy atom. The second-order valence-electron chi connectivity index (χ2n) is 10.4. The number of thioether (sulfide) groups is 1. The van der Waals surface area contributed by atoms with Crippen molar-refractivity contribution in [2.45, 2.75) is 84.2 Å². The largest absolute Gasteiger partial charge is 0.467 e. The first kappa shape index (κ1) is 38.4. The molecule has 42 heavy (non-hydrogen) atoms. The van der Waals surface area contributed by atoms with Crippen LogP contribution < -0.4 is 21.3 Å². The topological polar surface area (TPSA) is 205 Å². The van der Waals surface area contributed by atoms with Crippen molar-refractivity contribution < 1.29 is 52.5 Å². The Balaban J connectivity index is 5.29. The minimum atomic E-state index is -1.20. The molecule has 16 heteroatoms. The van der Waals surface area contributed by atoms with Gasteiger partial charge in [0.15, 0.2) is 0 Å². The summed E-state index contributed by atoms with van der Waals surface area (Å²) < 4.78 is 19.4. The third-order valence-electron chi connectivity index (χ3n) is 5.34. The fourth-order valence-corrected chi connectivity index (χ4v) is 4.37. The van der Waals surface area contributed by atoms with E-state index >= 15 is 0 Å². The summed E-state index contributed by atoms with van der Waals surface area (Å²) in [6.07, 6.45) is -1.28. The number of alkyl carbamates (subject to hydrolysis) is 1. The Kier molecular flexibility index (Phi) is 17.2. The number of esters is 3. The normalized spacial score (nSPS) is 13.9. The van der Waals surface area contributed by atoms with Crippen LogP contribution in [0, 0.1) is 5.92 Å². The number of ether oxygens (including phenoxy) is 4. The summed E-state index contributed by atoms with van der Waals surface area (Å²) in [6.45, 7) is 9.67. The van der Waals surface area contributed by atoms with Crippen molar-refractivity contribution in [1.29, 1.82) is 0 Å². The van der Waals surface area contributed by atoms with Gasteiger partial charge in [-0.05, 0) is 33.1 Å². The van der Waals surface area contributed by atoms with Gasteiger partial charge in [0, 0.05) is 24.9 Å². The molecule has 0 fully saturated rings. The van der Waals surface area contributed by atoms with Crippen molar-refractivity contribution in [3.05, 3.63) is 0 Å². The van der Waals surface area contributed by atoms with E-state index in [0.717, 1.165) is 33.1 Å². The second kappa shape index (κ2) is 18.8. The van der Waals surface area contributed by atoms with E-state index < -0.39 is 71.5 Å². The Morgan fingerprint density at radius 3 is 1.62 bits per heavy atom. The summed E-state index contributed by atoms with van der Waals surface area (Å²) in [7, 11) is 3.41. The molecule has 0 saturated heterocycles. The standard InChI is InChI=1S/C26H44N4O11S/c1-14(2)20(27-15(3)31)21(33)29-16(22(34)38-7)10-11-19(32)28-17(23(35)39-8)12-42-13-18(24(36)40-9)30-25(37)41-26(4,5)6/h14,16-18,20H,10-13H2,1-9H3,(H,27,31)(H,28,32)(H,29,33)(H,30,37)/t16-,17-,18+,20+/m1/s1. The highest BCUT2D eigenvalue weighted by atomic mass is 32.2. The van der Waals surface area contributed by atoms with E-state index in [1.807, 2.05) is 0 Å². The van der Waals surface area contributed by atoms with E-state index in [0.29, 0.717) is 0 Å².